The van der Waals surface area contributed by atoms with Gasteiger partial charge in [0.2, 0.25) is 5.67 Å². The number of hydrogen-bond donors (Lipinski definition) is 2. The number of H-pyrrole nitrogens is 1. The van der Waals surface area contributed by atoms with Gasteiger partial charge in [-0.15, -0.1) is 0 Å². The predicted molar refractivity (Wildman–Crippen MR) is 74.4 cm³/mol. The number of carbonyl (C=O) groups is 1. The molecule has 1 aliphatic rings. The summed E-state index contributed by atoms with van der Waals surface area (Å²) in [7, 11) is 0. The van der Waals surface area contributed by atoms with Crippen molar-refractivity contribution in [3.8, 4) is 0 Å². The van der Waals surface area contributed by atoms with E-state index in [2.05, 4.69) is 4.98 Å². The molecular weight excluding hydrogens is 259 g/mol. The van der Waals surface area contributed by atoms with E-state index in [0.29, 0.717) is 13.1 Å². The number of alkyl halides is 1. The summed E-state index contributed by atoms with van der Waals surface area (Å²) in [6.07, 6.45) is 1.99. The lowest BCUT2D eigenvalue weighted by Crippen LogP contribution is -2.36. The SMILES string of the molecule is Cc1cccc2c(CN3CCC(F)(C(=O)O)C3)c[nH]c12. The highest BCUT2D eigenvalue weighted by atomic mass is 19.1. The van der Waals surface area contributed by atoms with Crippen molar-refractivity contribution >= 4 is 16.9 Å². The quantitative estimate of drug-likeness (QED) is 0.905. The van der Waals surface area contributed by atoms with Crippen LogP contribution in [-0.4, -0.2) is 39.7 Å². The number of fused-ring (bicyclic) bond motifs is 1. The molecule has 0 saturated carbocycles. The zero-order valence-corrected chi connectivity index (χ0v) is 11.3. The maximum atomic E-state index is 14.0. The highest BCUT2D eigenvalue weighted by molar-refractivity contribution is 5.85. The van der Waals surface area contributed by atoms with Crippen LogP contribution in [0.5, 0.6) is 0 Å². The molecule has 1 aliphatic heterocycles. The predicted octanol–water partition coefficient (Wildman–Crippen LogP) is 2.47. The molecule has 0 aliphatic carbocycles. The minimum atomic E-state index is -2.10. The molecule has 106 valence electrons. The molecule has 4 nitrogen and oxygen atoms in total. The molecule has 0 bridgehead atoms. The molecule has 5 heteroatoms. The van der Waals surface area contributed by atoms with Gasteiger partial charge in [0.15, 0.2) is 0 Å². The zero-order chi connectivity index (χ0) is 14.3. The van der Waals surface area contributed by atoms with Crippen molar-refractivity contribution in [2.24, 2.45) is 0 Å². The van der Waals surface area contributed by atoms with Crippen molar-refractivity contribution in [1.82, 2.24) is 9.88 Å². The van der Waals surface area contributed by atoms with E-state index in [1.807, 2.05) is 36.2 Å². The molecule has 2 heterocycles. The van der Waals surface area contributed by atoms with Gasteiger partial charge in [0.1, 0.15) is 0 Å². The average Bonchev–Trinajstić information content (AvgIpc) is 2.97. The first-order valence-corrected chi connectivity index (χ1v) is 6.70. The van der Waals surface area contributed by atoms with Gasteiger partial charge in [-0.05, 0) is 18.1 Å². The van der Waals surface area contributed by atoms with Crippen LogP contribution in [0.3, 0.4) is 0 Å². The van der Waals surface area contributed by atoms with Crippen LogP contribution in [-0.2, 0) is 11.3 Å². The van der Waals surface area contributed by atoms with Crippen molar-refractivity contribution in [2.45, 2.75) is 25.6 Å². The Bertz CT molecular complexity index is 667. The lowest BCUT2D eigenvalue weighted by atomic mass is 10.1. The number of likely N-dealkylation sites (tertiary alicyclic amines) is 1. The van der Waals surface area contributed by atoms with Crippen LogP contribution < -0.4 is 0 Å². The number of rotatable bonds is 3. The summed E-state index contributed by atoms with van der Waals surface area (Å²) in [6.45, 7) is 3.04. The fraction of sp³-hybridized carbons (Fsp3) is 0.400. The number of halogens is 1. The maximum Gasteiger partial charge on any atom is 0.342 e. The molecule has 3 rings (SSSR count). The monoisotopic (exact) mass is 276 g/mol. The summed E-state index contributed by atoms with van der Waals surface area (Å²) in [4.78, 5) is 16.0. The number of hydrogen-bond acceptors (Lipinski definition) is 2. The molecule has 1 aromatic heterocycles. The zero-order valence-electron chi connectivity index (χ0n) is 11.3. The number of nitrogens with zero attached hydrogens (tertiary/aromatic N) is 1. The molecule has 0 radical (unpaired) electrons. The normalized spacial score (nSPS) is 23.5. The molecule has 1 fully saturated rings. The van der Waals surface area contributed by atoms with Gasteiger partial charge < -0.3 is 10.1 Å². The molecular formula is C15H17FN2O2. The number of benzene rings is 1. The lowest BCUT2D eigenvalue weighted by Gasteiger charge is -2.17. The Hall–Kier alpha value is -1.88. The summed E-state index contributed by atoms with van der Waals surface area (Å²) < 4.78 is 14.0. The number of aliphatic carboxylic acids is 1. The molecule has 2 N–H and O–H groups in total. The second-order valence-corrected chi connectivity index (χ2v) is 5.54. The van der Waals surface area contributed by atoms with Crippen molar-refractivity contribution < 1.29 is 14.3 Å². The van der Waals surface area contributed by atoms with Gasteiger partial charge in [0.25, 0.3) is 0 Å². The molecule has 1 unspecified atom stereocenters. The van der Waals surface area contributed by atoms with E-state index in [1.54, 1.807) is 0 Å². The van der Waals surface area contributed by atoms with E-state index >= 15 is 0 Å². The van der Waals surface area contributed by atoms with Crippen molar-refractivity contribution in [2.75, 3.05) is 13.1 Å². The number of carboxylic acids is 1. The van der Waals surface area contributed by atoms with Gasteiger partial charge in [0.05, 0.1) is 0 Å². The van der Waals surface area contributed by atoms with Crippen molar-refractivity contribution in [3.63, 3.8) is 0 Å². The van der Waals surface area contributed by atoms with Crippen LogP contribution in [0, 0.1) is 6.92 Å². The van der Waals surface area contributed by atoms with Crippen LogP contribution in [0.15, 0.2) is 24.4 Å². The van der Waals surface area contributed by atoms with Gasteiger partial charge >= 0.3 is 5.97 Å². The number of aromatic amines is 1. The minimum absolute atomic E-state index is 0.0409. The van der Waals surface area contributed by atoms with E-state index < -0.39 is 11.6 Å². The van der Waals surface area contributed by atoms with Crippen LogP contribution in [0.1, 0.15) is 17.5 Å². The molecule has 20 heavy (non-hydrogen) atoms. The lowest BCUT2D eigenvalue weighted by molar-refractivity contribution is -0.149. The smallest absolute Gasteiger partial charge is 0.342 e. The Morgan fingerprint density at radius 3 is 3.05 bits per heavy atom. The van der Waals surface area contributed by atoms with Crippen LogP contribution in [0.2, 0.25) is 0 Å². The Labute approximate surface area is 116 Å². The van der Waals surface area contributed by atoms with E-state index in [9.17, 15) is 9.18 Å². The molecule has 0 amide bonds. The second-order valence-electron chi connectivity index (χ2n) is 5.54. The van der Waals surface area contributed by atoms with Gasteiger partial charge in [-0.3, -0.25) is 4.90 Å². The third-order valence-corrected chi connectivity index (χ3v) is 4.09. The highest BCUT2D eigenvalue weighted by Crippen LogP contribution is 2.29. The number of carboxylic acid groups (broad SMARTS) is 1. The Kier molecular flexibility index (Phi) is 3.01. The Morgan fingerprint density at radius 1 is 1.55 bits per heavy atom. The summed E-state index contributed by atoms with van der Waals surface area (Å²) in [5, 5.41) is 10.0. The van der Waals surface area contributed by atoms with Crippen LogP contribution >= 0.6 is 0 Å². The van der Waals surface area contributed by atoms with E-state index in [4.69, 9.17) is 5.11 Å². The summed E-state index contributed by atoms with van der Waals surface area (Å²) >= 11 is 0. The molecule has 1 atom stereocenters. The number of aryl methyl sites for hydroxylation is 1. The van der Waals surface area contributed by atoms with E-state index in [1.165, 1.54) is 5.56 Å². The van der Waals surface area contributed by atoms with Gasteiger partial charge in [-0.1, -0.05) is 18.2 Å². The van der Waals surface area contributed by atoms with E-state index in [0.717, 1.165) is 16.5 Å². The fourth-order valence-electron chi connectivity index (χ4n) is 2.89. The summed E-state index contributed by atoms with van der Waals surface area (Å²) in [5.74, 6) is -1.35. The fourth-order valence-corrected chi connectivity index (χ4v) is 2.89. The topological polar surface area (TPSA) is 56.3 Å². The van der Waals surface area contributed by atoms with Gasteiger partial charge in [-0.25, -0.2) is 9.18 Å². The maximum absolute atomic E-state index is 14.0. The highest BCUT2D eigenvalue weighted by Gasteiger charge is 2.45. The molecule has 0 spiro atoms. The first-order chi connectivity index (χ1) is 9.49. The first kappa shape index (κ1) is 13.1. The number of para-hydroxylation sites is 1. The van der Waals surface area contributed by atoms with Crippen LogP contribution in [0.25, 0.3) is 10.9 Å². The third-order valence-electron chi connectivity index (χ3n) is 4.09. The first-order valence-electron chi connectivity index (χ1n) is 6.70. The van der Waals surface area contributed by atoms with Crippen LogP contribution in [0.4, 0.5) is 4.39 Å². The van der Waals surface area contributed by atoms with Crippen molar-refractivity contribution in [1.29, 1.82) is 0 Å². The van der Waals surface area contributed by atoms with Gasteiger partial charge in [0, 0.05) is 43.2 Å². The molecule has 2 aromatic rings. The third kappa shape index (κ3) is 2.08. The van der Waals surface area contributed by atoms with Crippen molar-refractivity contribution in [3.05, 3.63) is 35.5 Å². The Balaban J connectivity index is 1.82. The van der Waals surface area contributed by atoms with E-state index in [-0.39, 0.29) is 13.0 Å². The largest absolute Gasteiger partial charge is 0.479 e. The number of nitrogens with one attached hydrogen (secondary N) is 1. The molecule has 1 saturated heterocycles. The summed E-state index contributed by atoms with van der Waals surface area (Å²) in [5.41, 5.74) is 1.24. The molecule has 1 aromatic carbocycles. The standard InChI is InChI=1S/C15H17FN2O2/c1-10-3-2-4-12-11(7-17-13(10)12)8-18-6-5-15(16,9-18)14(19)20/h2-4,7,17H,5-6,8-9H2,1H3,(H,19,20). The van der Waals surface area contributed by atoms with Gasteiger partial charge in [-0.2, -0.15) is 0 Å². The summed E-state index contributed by atoms with van der Waals surface area (Å²) in [6, 6.07) is 6.06. The number of aromatic nitrogens is 1. The minimum Gasteiger partial charge on any atom is -0.479 e. The second kappa shape index (κ2) is 4.59. The average molecular weight is 276 g/mol. The Morgan fingerprint density at radius 2 is 2.35 bits per heavy atom.